The second-order valence-electron chi connectivity index (χ2n) is 9.12. The second-order valence-corrected chi connectivity index (χ2v) is 10.2. The van der Waals surface area contributed by atoms with Crippen LogP contribution >= 0.6 is 23.2 Å². The van der Waals surface area contributed by atoms with Crippen LogP contribution in [0.3, 0.4) is 0 Å². The zero-order chi connectivity index (χ0) is 27.4. The number of nitrogens with zero attached hydrogens (tertiary/aromatic N) is 1. The molecule has 1 saturated heterocycles. The van der Waals surface area contributed by atoms with Gasteiger partial charge in [0.2, 0.25) is 11.8 Å². The highest BCUT2D eigenvalue weighted by Crippen LogP contribution is 2.43. The fourth-order valence-electron chi connectivity index (χ4n) is 4.50. The standard InChI is InChI=1S/C27H26Cl2N2O7/c1-2-10-37-26(35)15-6-8-17(9-7-15)30-23(32)14-38-27(36)16-4-3-5-18(11-16)31-24(33)19-12-21(28)22(29)13-20(19)25(31)34/h3-9,11,19-22H,2,10,12-14H2,1H3,(H,30,32)/t19-,20+,21-,22-/m0/s1. The molecule has 2 aliphatic rings. The molecule has 11 heteroatoms. The van der Waals surface area contributed by atoms with Crippen LogP contribution in [0.5, 0.6) is 0 Å². The smallest absolute Gasteiger partial charge is 0.338 e. The van der Waals surface area contributed by atoms with E-state index in [4.69, 9.17) is 32.7 Å². The largest absolute Gasteiger partial charge is 0.462 e. The van der Waals surface area contributed by atoms with E-state index in [-0.39, 0.29) is 23.1 Å². The lowest BCUT2D eigenvalue weighted by Gasteiger charge is -2.28. The molecule has 0 aromatic heterocycles. The normalized spacial score (nSPS) is 22.6. The first-order valence-electron chi connectivity index (χ1n) is 12.2. The summed E-state index contributed by atoms with van der Waals surface area (Å²) >= 11 is 12.5. The van der Waals surface area contributed by atoms with E-state index in [9.17, 15) is 24.0 Å². The lowest BCUT2D eigenvalue weighted by atomic mass is 9.80. The van der Waals surface area contributed by atoms with Gasteiger partial charge in [0.15, 0.2) is 6.61 Å². The van der Waals surface area contributed by atoms with Gasteiger partial charge in [-0.2, -0.15) is 0 Å². The molecular formula is C27H26Cl2N2O7. The monoisotopic (exact) mass is 560 g/mol. The van der Waals surface area contributed by atoms with E-state index in [1.807, 2.05) is 6.92 Å². The Morgan fingerprint density at radius 2 is 1.50 bits per heavy atom. The summed E-state index contributed by atoms with van der Waals surface area (Å²) in [5.74, 6) is -3.67. The SMILES string of the molecule is CCCOC(=O)c1ccc(NC(=O)COC(=O)c2cccc(N3C(=O)[C@H]4C[C@H](Cl)[C@@H](Cl)C[C@H]4C3=O)c2)cc1. The Labute approximate surface area is 229 Å². The molecule has 0 bridgehead atoms. The Bertz CT molecular complexity index is 1220. The van der Waals surface area contributed by atoms with Gasteiger partial charge in [-0.1, -0.05) is 13.0 Å². The van der Waals surface area contributed by atoms with Gasteiger partial charge in [0.05, 0.1) is 46.0 Å². The molecule has 1 N–H and O–H groups in total. The van der Waals surface area contributed by atoms with Crippen molar-refractivity contribution in [1.29, 1.82) is 0 Å². The predicted molar refractivity (Wildman–Crippen MR) is 140 cm³/mol. The number of carbonyl (C=O) groups excluding carboxylic acids is 5. The van der Waals surface area contributed by atoms with E-state index in [0.29, 0.717) is 37.1 Å². The van der Waals surface area contributed by atoms with Crippen LogP contribution in [0.25, 0.3) is 0 Å². The van der Waals surface area contributed by atoms with Crippen LogP contribution in [0.2, 0.25) is 0 Å². The number of anilines is 2. The number of alkyl halides is 2. The number of halogens is 2. The molecule has 0 unspecified atom stereocenters. The highest BCUT2D eigenvalue weighted by Gasteiger charge is 2.52. The molecule has 1 aliphatic carbocycles. The van der Waals surface area contributed by atoms with Crippen molar-refractivity contribution in [3.05, 3.63) is 59.7 Å². The van der Waals surface area contributed by atoms with E-state index in [1.165, 1.54) is 42.5 Å². The molecule has 9 nitrogen and oxygen atoms in total. The van der Waals surface area contributed by atoms with Crippen molar-refractivity contribution >= 4 is 64.2 Å². The number of ether oxygens (including phenoxy) is 2. The van der Waals surface area contributed by atoms with Gasteiger partial charge in [-0.3, -0.25) is 19.3 Å². The Balaban J connectivity index is 1.34. The maximum atomic E-state index is 13.0. The maximum Gasteiger partial charge on any atom is 0.338 e. The van der Waals surface area contributed by atoms with Crippen LogP contribution in [-0.4, -0.2) is 53.6 Å². The minimum absolute atomic E-state index is 0.0751. The molecule has 4 rings (SSSR count). The fourth-order valence-corrected chi connectivity index (χ4v) is 5.09. The van der Waals surface area contributed by atoms with E-state index >= 15 is 0 Å². The van der Waals surface area contributed by atoms with Crippen molar-refractivity contribution in [2.24, 2.45) is 11.8 Å². The number of esters is 2. The maximum absolute atomic E-state index is 13.0. The van der Waals surface area contributed by atoms with E-state index < -0.39 is 47.0 Å². The molecule has 4 atom stereocenters. The minimum Gasteiger partial charge on any atom is -0.462 e. The number of hydrogen-bond acceptors (Lipinski definition) is 7. The van der Waals surface area contributed by atoms with Crippen molar-refractivity contribution in [2.75, 3.05) is 23.4 Å². The Kier molecular flexibility index (Phi) is 8.69. The Hall–Kier alpha value is -3.43. The molecular weight excluding hydrogens is 535 g/mol. The lowest BCUT2D eigenvalue weighted by molar-refractivity contribution is -0.122. The van der Waals surface area contributed by atoms with Gasteiger partial charge in [-0.25, -0.2) is 9.59 Å². The first-order chi connectivity index (χ1) is 18.2. The van der Waals surface area contributed by atoms with Crippen molar-refractivity contribution in [2.45, 2.75) is 36.9 Å². The van der Waals surface area contributed by atoms with Gasteiger partial charge in [0.1, 0.15) is 0 Å². The molecule has 2 aromatic carbocycles. The van der Waals surface area contributed by atoms with Crippen molar-refractivity contribution < 1.29 is 33.4 Å². The third kappa shape index (κ3) is 6.00. The molecule has 1 heterocycles. The summed E-state index contributed by atoms with van der Waals surface area (Å²) in [6.45, 7) is 1.65. The highest BCUT2D eigenvalue weighted by atomic mass is 35.5. The van der Waals surface area contributed by atoms with Gasteiger partial charge in [-0.05, 0) is 61.7 Å². The number of hydrogen-bond donors (Lipinski definition) is 1. The highest BCUT2D eigenvalue weighted by molar-refractivity contribution is 6.31. The molecule has 200 valence electrons. The number of benzene rings is 2. The second kappa shape index (κ2) is 12.0. The number of amides is 3. The average Bonchev–Trinajstić information content (AvgIpc) is 3.15. The van der Waals surface area contributed by atoms with E-state index in [1.54, 1.807) is 6.07 Å². The van der Waals surface area contributed by atoms with Gasteiger partial charge in [0.25, 0.3) is 5.91 Å². The summed E-state index contributed by atoms with van der Waals surface area (Å²) in [4.78, 5) is 63.8. The van der Waals surface area contributed by atoms with Crippen molar-refractivity contribution in [3.8, 4) is 0 Å². The van der Waals surface area contributed by atoms with Crippen LogP contribution in [0.1, 0.15) is 46.9 Å². The summed E-state index contributed by atoms with van der Waals surface area (Å²) < 4.78 is 10.2. The summed E-state index contributed by atoms with van der Waals surface area (Å²) in [5, 5.41) is 1.77. The topological polar surface area (TPSA) is 119 Å². The molecule has 0 spiro atoms. The van der Waals surface area contributed by atoms with Gasteiger partial charge in [0, 0.05) is 5.69 Å². The average molecular weight is 561 g/mol. The van der Waals surface area contributed by atoms with Crippen molar-refractivity contribution in [3.63, 3.8) is 0 Å². The van der Waals surface area contributed by atoms with Crippen LogP contribution in [0.4, 0.5) is 11.4 Å². The van der Waals surface area contributed by atoms with Gasteiger partial charge >= 0.3 is 11.9 Å². The first-order valence-corrected chi connectivity index (χ1v) is 13.1. The summed E-state index contributed by atoms with van der Waals surface area (Å²) in [5.41, 5.74) is 1.07. The fraction of sp³-hybridized carbons (Fsp3) is 0.370. The zero-order valence-electron chi connectivity index (χ0n) is 20.5. The third-order valence-corrected chi connectivity index (χ3v) is 7.52. The Morgan fingerprint density at radius 1 is 0.895 bits per heavy atom. The molecule has 1 aliphatic heterocycles. The number of rotatable bonds is 8. The first kappa shape index (κ1) is 27.6. The number of imide groups is 1. The van der Waals surface area contributed by atoms with Gasteiger partial charge < -0.3 is 14.8 Å². The lowest BCUT2D eigenvalue weighted by Crippen LogP contribution is -2.34. The molecule has 0 radical (unpaired) electrons. The molecule has 3 amide bonds. The van der Waals surface area contributed by atoms with Crippen molar-refractivity contribution in [1.82, 2.24) is 0 Å². The minimum atomic E-state index is -0.797. The molecule has 38 heavy (non-hydrogen) atoms. The summed E-state index contributed by atoms with van der Waals surface area (Å²) in [7, 11) is 0. The van der Waals surface area contributed by atoms with Crippen LogP contribution < -0.4 is 10.2 Å². The van der Waals surface area contributed by atoms with Crippen LogP contribution in [-0.2, 0) is 23.9 Å². The summed E-state index contributed by atoms with van der Waals surface area (Å²) in [6.07, 6.45) is 1.33. The molecule has 2 aromatic rings. The van der Waals surface area contributed by atoms with E-state index in [0.717, 1.165) is 4.90 Å². The van der Waals surface area contributed by atoms with E-state index in [2.05, 4.69) is 5.32 Å². The number of fused-ring (bicyclic) bond motifs is 1. The zero-order valence-corrected chi connectivity index (χ0v) is 22.0. The van der Waals surface area contributed by atoms with Crippen LogP contribution in [0.15, 0.2) is 48.5 Å². The van der Waals surface area contributed by atoms with Gasteiger partial charge in [-0.15, -0.1) is 23.2 Å². The summed E-state index contributed by atoms with van der Waals surface area (Å²) in [6, 6.07) is 12.0. The number of nitrogens with one attached hydrogen (secondary N) is 1. The van der Waals surface area contributed by atoms with Crippen LogP contribution in [0, 0.1) is 11.8 Å². The third-order valence-electron chi connectivity index (χ3n) is 6.43. The molecule has 2 fully saturated rings. The predicted octanol–water partition coefficient (Wildman–Crippen LogP) is 4.16. The Morgan fingerprint density at radius 3 is 2.11 bits per heavy atom. The number of carbonyl (C=O) groups is 5. The molecule has 1 saturated carbocycles. The quantitative estimate of drug-likeness (QED) is 0.292.